The van der Waals surface area contributed by atoms with E-state index in [2.05, 4.69) is 24.5 Å². The average molecular weight is 305 g/mol. The molecule has 2 aromatic rings. The van der Waals surface area contributed by atoms with E-state index in [1.54, 1.807) is 0 Å². The number of aryl methyl sites for hydroxylation is 1. The van der Waals surface area contributed by atoms with E-state index in [0.29, 0.717) is 6.61 Å². The first-order chi connectivity index (χ1) is 10.2. The molecule has 0 aromatic heterocycles. The lowest BCUT2D eigenvalue weighted by Gasteiger charge is -2.16. The van der Waals surface area contributed by atoms with E-state index in [1.807, 2.05) is 36.4 Å². The summed E-state index contributed by atoms with van der Waals surface area (Å²) in [6.07, 6.45) is 1.66. The Kier molecular flexibility index (Phi) is 6.05. The van der Waals surface area contributed by atoms with E-state index in [9.17, 15) is 0 Å². The lowest BCUT2D eigenvalue weighted by Crippen LogP contribution is -2.37. The summed E-state index contributed by atoms with van der Waals surface area (Å²) in [6.45, 7) is 2.68. The zero-order valence-electron chi connectivity index (χ0n) is 12.2. The van der Waals surface area contributed by atoms with Gasteiger partial charge in [-0.05, 0) is 55.2 Å². The van der Waals surface area contributed by atoms with Gasteiger partial charge in [-0.3, -0.25) is 11.3 Å². The molecule has 112 valence electrons. The normalized spacial score (nSPS) is 12.1. The van der Waals surface area contributed by atoms with Crippen molar-refractivity contribution in [2.75, 3.05) is 6.61 Å². The minimum absolute atomic E-state index is 0.160. The van der Waals surface area contributed by atoms with Crippen molar-refractivity contribution in [3.8, 4) is 5.75 Å². The number of nitrogens with one attached hydrogen (secondary N) is 1. The SMILES string of the molecule is Cc1cccc(OCCC(Cc2cccc(Cl)c2)NN)c1. The van der Waals surface area contributed by atoms with Crippen LogP contribution >= 0.6 is 11.6 Å². The molecule has 2 rings (SSSR count). The van der Waals surface area contributed by atoms with Crippen LogP contribution in [0.3, 0.4) is 0 Å². The quantitative estimate of drug-likeness (QED) is 0.608. The van der Waals surface area contributed by atoms with Gasteiger partial charge in [0.05, 0.1) is 6.61 Å². The van der Waals surface area contributed by atoms with Gasteiger partial charge in [0.1, 0.15) is 5.75 Å². The van der Waals surface area contributed by atoms with Crippen molar-refractivity contribution in [2.24, 2.45) is 5.84 Å². The number of benzene rings is 2. The second kappa shape index (κ2) is 8.03. The van der Waals surface area contributed by atoms with Gasteiger partial charge in [-0.2, -0.15) is 0 Å². The van der Waals surface area contributed by atoms with Crippen LogP contribution in [0.1, 0.15) is 17.5 Å². The standard InChI is InChI=1S/C17H21ClN2O/c1-13-4-2-7-17(10-13)21-9-8-16(20-19)12-14-5-3-6-15(18)11-14/h2-7,10-11,16,20H,8-9,12,19H2,1H3. The maximum absolute atomic E-state index is 5.99. The number of halogens is 1. The molecule has 0 aliphatic rings. The minimum atomic E-state index is 0.160. The molecule has 1 unspecified atom stereocenters. The third kappa shape index (κ3) is 5.38. The predicted molar refractivity (Wildman–Crippen MR) is 87.6 cm³/mol. The molecule has 2 aromatic carbocycles. The number of nitrogens with two attached hydrogens (primary N) is 1. The van der Waals surface area contributed by atoms with Crippen molar-refractivity contribution < 1.29 is 4.74 Å². The highest BCUT2D eigenvalue weighted by Gasteiger charge is 2.08. The molecule has 1 atom stereocenters. The summed E-state index contributed by atoms with van der Waals surface area (Å²) in [5.41, 5.74) is 5.21. The third-order valence-electron chi connectivity index (χ3n) is 3.33. The first kappa shape index (κ1) is 15.8. The molecular formula is C17H21ClN2O. The molecule has 0 saturated heterocycles. The Hall–Kier alpha value is -1.55. The van der Waals surface area contributed by atoms with E-state index in [0.717, 1.165) is 23.6 Å². The van der Waals surface area contributed by atoms with Crippen LogP contribution in [0.5, 0.6) is 5.75 Å². The highest BCUT2D eigenvalue weighted by molar-refractivity contribution is 6.30. The molecule has 0 aliphatic carbocycles. The first-order valence-corrected chi connectivity index (χ1v) is 7.45. The molecule has 0 amide bonds. The Bertz CT molecular complexity index is 574. The molecule has 0 bridgehead atoms. The van der Waals surface area contributed by atoms with Gasteiger partial charge in [0.25, 0.3) is 0 Å². The third-order valence-corrected chi connectivity index (χ3v) is 3.57. The summed E-state index contributed by atoms with van der Waals surface area (Å²) in [6, 6.07) is 16.0. The Morgan fingerprint density at radius 3 is 2.71 bits per heavy atom. The summed E-state index contributed by atoms with van der Waals surface area (Å²) < 4.78 is 5.76. The molecule has 0 radical (unpaired) electrons. The number of ether oxygens (including phenoxy) is 1. The highest BCUT2D eigenvalue weighted by atomic mass is 35.5. The molecule has 3 N–H and O–H groups in total. The van der Waals surface area contributed by atoms with Gasteiger partial charge in [0.15, 0.2) is 0 Å². The van der Waals surface area contributed by atoms with Gasteiger partial charge in [-0.15, -0.1) is 0 Å². The van der Waals surface area contributed by atoms with Crippen LogP contribution in [0.15, 0.2) is 48.5 Å². The maximum atomic E-state index is 5.99. The molecule has 0 heterocycles. The first-order valence-electron chi connectivity index (χ1n) is 7.07. The summed E-state index contributed by atoms with van der Waals surface area (Å²) in [7, 11) is 0. The predicted octanol–water partition coefficient (Wildman–Crippen LogP) is 3.49. The van der Waals surface area contributed by atoms with Crippen molar-refractivity contribution in [3.63, 3.8) is 0 Å². The molecule has 3 nitrogen and oxygen atoms in total. The topological polar surface area (TPSA) is 47.3 Å². The Balaban J connectivity index is 1.82. The van der Waals surface area contributed by atoms with E-state index >= 15 is 0 Å². The van der Waals surface area contributed by atoms with Gasteiger partial charge in [0, 0.05) is 11.1 Å². The average Bonchev–Trinajstić information content (AvgIpc) is 2.46. The van der Waals surface area contributed by atoms with Crippen LogP contribution in [0.2, 0.25) is 5.02 Å². The van der Waals surface area contributed by atoms with Crippen LogP contribution in [0.4, 0.5) is 0 Å². The van der Waals surface area contributed by atoms with Crippen LogP contribution in [0.25, 0.3) is 0 Å². The van der Waals surface area contributed by atoms with Gasteiger partial charge in [-0.1, -0.05) is 35.9 Å². The minimum Gasteiger partial charge on any atom is -0.494 e. The van der Waals surface area contributed by atoms with E-state index in [4.69, 9.17) is 22.2 Å². The monoisotopic (exact) mass is 304 g/mol. The Labute approximate surface area is 131 Å². The largest absolute Gasteiger partial charge is 0.494 e. The molecule has 0 aliphatic heterocycles. The fraction of sp³-hybridized carbons (Fsp3) is 0.294. The fourth-order valence-corrected chi connectivity index (χ4v) is 2.43. The van der Waals surface area contributed by atoms with Gasteiger partial charge >= 0.3 is 0 Å². The summed E-state index contributed by atoms with van der Waals surface area (Å²) >= 11 is 5.99. The highest BCUT2D eigenvalue weighted by Crippen LogP contribution is 2.15. The van der Waals surface area contributed by atoms with E-state index in [1.165, 1.54) is 11.1 Å². The van der Waals surface area contributed by atoms with Gasteiger partial charge < -0.3 is 4.74 Å². The zero-order chi connectivity index (χ0) is 15.1. The number of hydrazine groups is 1. The molecule has 0 spiro atoms. The van der Waals surface area contributed by atoms with Crippen molar-refractivity contribution >= 4 is 11.6 Å². The van der Waals surface area contributed by atoms with Crippen molar-refractivity contribution in [1.29, 1.82) is 0 Å². The molecule has 0 fully saturated rings. The Morgan fingerprint density at radius 1 is 1.19 bits per heavy atom. The molecule has 0 saturated carbocycles. The summed E-state index contributed by atoms with van der Waals surface area (Å²) in [5.74, 6) is 6.52. The van der Waals surface area contributed by atoms with Crippen LogP contribution < -0.4 is 16.0 Å². The van der Waals surface area contributed by atoms with Crippen LogP contribution in [0, 0.1) is 6.92 Å². The second-order valence-corrected chi connectivity index (χ2v) is 5.59. The number of hydrogen-bond acceptors (Lipinski definition) is 3. The van der Waals surface area contributed by atoms with E-state index < -0.39 is 0 Å². The smallest absolute Gasteiger partial charge is 0.119 e. The molecular weight excluding hydrogens is 284 g/mol. The lowest BCUT2D eigenvalue weighted by atomic mass is 10.0. The molecule has 21 heavy (non-hydrogen) atoms. The summed E-state index contributed by atoms with van der Waals surface area (Å²) in [4.78, 5) is 0. The maximum Gasteiger partial charge on any atom is 0.119 e. The number of rotatable bonds is 7. The van der Waals surface area contributed by atoms with Crippen LogP contribution in [-0.2, 0) is 6.42 Å². The molecule has 4 heteroatoms. The van der Waals surface area contributed by atoms with Gasteiger partial charge in [-0.25, -0.2) is 0 Å². The fourth-order valence-electron chi connectivity index (χ4n) is 2.22. The van der Waals surface area contributed by atoms with Crippen molar-refractivity contribution in [1.82, 2.24) is 5.43 Å². The van der Waals surface area contributed by atoms with Crippen LogP contribution in [-0.4, -0.2) is 12.6 Å². The van der Waals surface area contributed by atoms with Gasteiger partial charge in [0.2, 0.25) is 0 Å². The zero-order valence-corrected chi connectivity index (χ0v) is 12.9. The van der Waals surface area contributed by atoms with Crippen molar-refractivity contribution in [3.05, 3.63) is 64.7 Å². The lowest BCUT2D eigenvalue weighted by molar-refractivity contribution is 0.285. The summed E-state index contributed by atoms with van der Waals surface area (Å²) in [5, 5.41) is 0.749. The number of hydrogen-bond donors (Lipinski definition) is 2. The second-order valence-electron chi connectivity index (χ2n) is 5.15. The van der Waals surface area contributed by atoms with Crippen molar-refractivity contribution in [2.45, 2.75) is 25.8 Å². The Morgan fingerprint density at radius 2 is 2.00 bits per heavy atom. The van der Waals surface area contributed by atoms with E-state index in [-0.39, 0.29) is 6.04 Å².